The number of amides is 2. The number of likely N-dealkylation sites (N-methyl/N-ethyl adjacent to an activating group) is 2. The summed E-state index contributed by atoms with van der Waals surface area (Å²) >= 11 is 0. The predicted molar refractivity (Wildman–Crippen MR) is 92.7 cm³/mol. The lowest BCUT2D eigenvalue weighted by Crippen LogP contribution is -2.49. The zero-order valence-electron chi connectivity index (χ0n) is 14.6. The number of anilines is 1. The summed E-state index contributed by atoms with van der Waals surface area (Å²) in [6.07, 6.45) is -0.599. The van der Waals surface area contributed by atoms with E-state index in [2.05, 4.69) is 22.2 Å². The second kappa shape index (κ2) is 8.41. The van der Waals surface area contributed by atoms with Gasteiger partial charge >= 0.3 is 6.03 Å². The minimum atomic E-state index is -0.599. The van der Waals surface area contributed by atoms with Gasteiger partial charge in [-0.15, -0.1) is 0 Å². The van der Waals surface area contributed by atoms with Gasteiger partial charge < -0.3 is 20.2 Å². The zero-order valence-corrected chi connectivity index (χ0v) is 14.6. The number of carbonyl (C=O) groups is 1. The van der Waals surface area contributed by atoms with E-state index in [1.54, 1.807) is 14.0 Å². The molecule has 1 heterocycles. The van der Waals surface area contributed by atoms with Crippen LogP contribution in [-0.2, 0) is 0 Å². The summed E-state index contributed by atoms with van der Waals surface area (Å²) in [7, 11) is 3.73. The molecular weight excluding hydrogens is 311 g/mol. The number of hydrogen-bond donors (Lipinski definition) is 2. The van der Waals surface area contributed by atoms with Gasteiger partial charge in [0.05, 0.1) is 6.10 Å². The van der Waals surface area contributed by atoms with Crippen molar-refractivity contribution in [2.45, 2.75) is 13.0 Å². The number of benzene rings is 1. The lowest BCUT2D eigenvalue weighted by molar-refractivity contribution is 0.0670. The minimum Gasteiger partial charge on any atom is -0.390 e. The van der Waals surface area contributed by atoms with Gasteiger partial charge in [-0.2, -0.15) is 0 Å². The van der Waals surface area contributed by atoms with Gasteiger partial charge in [0.1, 0.15) is 5.82 Å². The van der Waals surface area contributed by atoms with Crippen LogP contribution in [0.5, 0.6) is 0 Å². The van der Waals surface area contributed by atoms with Crippen LogP contribution < -0.4 is 5.32 Å². The zero-order chi connectivity index (χ0) is 17.7. The summed E-state index contributed by atoms with van der Waals surface area (Å²) < 4.78 is 13.1. The molecule has 1 saturated heterocycles. The van der Waals surface area contributed by atoms with Crippen molar-refractivity contribution < 1.29 is 14.3 Å². The van der Waals surface area contributed by atoms with Crippen LogP contribution in [0.2, 0.25) is 0 Å². The first kappa shape index (κ1) is 18.6. The van der Waals surface area contributed by atoms with E-state index in [0.717, 1.165) is 26.2 Å². The summed E-state index contributed by atoms with van der Waals surface area (Å²) in [4.78, 5) is 18.1. The van der Waals surface area contributed by atoms with E-state index >= 15 is 0 Å². The maximum Gasteiger partial charge on any atom is 0.321 e. The van der Waals surface area contributed by atoms with Crippen LogP contribution in [0, 0.1) is 12.7 Å². The Bertz CT molecular complexity index is 562. The van der Waals surface area contributed by atoms with E-state index in [-0.39, 0.29) is 18.4 Å². The van der Waals surface area contributed by atoms with Crippen molar-refractivity contribution >= 4 is 11.7 Å². The quantitative estimate of drug-likeness (QED) is 0.847. The number of piperazine rings is 1. The SMILES string of the molecule is Cc1cc(F)ccc1NC(=O)N(C)CC(O)CN1CCN(C)CC1. The number of aryl methyl sites for hydroxylation is 1. The number of β-amino-alcohol motifs (C(OH)–C–C–N with tert-alkyl or cyclic N) is 1. The maximum absolute atomic E-state index is 13.1. The number of carbonyl (C=O) groups excluding carboxylic acids is 1. The number of halogens is 1. The fraction of sp³-hybridized carbons (Fsp3) is 0.588. The van der Waals surface area contributed by atoms with E-state index < -0.39 is 6.10 Å². The second-order valence-electron chi connectivity index (χ2n) is 6.53. The van der Waals surface area contributed by atoms with E-state index in [0.29, 0.717) is 17.8 Å². The van der Waals surface area contributed by atoms with Gasteiger partial charge in [-0.3, -0.25) is 4.90 Å². The van der Waals surface area contributed by atoms with Crippen molar-refractivity contribution in [2.75, 3.05) is 58.7 Å². The Balaban J connectivity index is 1.80. The normalized spacial score (nSPS) is 17.5. The first-order valence-corrected chi connectivity index (χ1v) is 8.22. The molecular formula is C17H27FN4O2. The van der Waals surface area contributed by atoms with Gasteiger partial charge in [0, 0.05) is 52.0 Å². The molecule has 1 fully saturated rings. The molecule has 134 valence electrons. The molecule has 0 aromatic heterocycles. The number of hydrogen-bond acceptors (Lipinski definition) is 4. The Labute approximate surface area is 142 Å². The van der Waals surface area contributed by atoms with Crippen molar-refractivity contribution in [3.63, 3.8) is 0 Å². The van der Waals surface area contributed by atoms with Crippen molar-refractivity contribution in [3.05, 3.63) is 29.6 Å². The molecule has 2 rings (SSSR count). The highest BCUT2D eigenvalue weighted by atomic mass is 19.1. The molecule has 2 amide bonds. The molecule has 2 N–H and O–H groups in total. The average Bonchev–Trinajstić information content (AvgIpc) is 2.52. The summed E-state index contributed by atoms with van der Waals surface area (Å²) in [5, 5.41) is 13.0. The van der Waals surface area contributed by atoms with Gasteiger partial charge in [-0.25, -0.2) is 9.18 Å². The third kappa shape index (κ3) is 5.43. The number of urea groups is 1. The van der Waals surface area contributed by atoms with Gasteiger partial charge in [0.15, 0.2) is 0 Å². The van der Waals surface area contributed by atoms with Gasteiger partial charge in [0.2, 0.25) is 0 Å². The van der Waals surface area contributed by atoms with Crippen LogP contribution in [0.15, 0.2) is 18.2 Å². The van der Waals surface area contributed by atoms with E-state index in [9.17, 15) is 14.3 Å². The number of aliphatic hydroxyl groups excluding tert-OH is 1. The van der Waals surface area contributed by atoms with Crippen LogP contribution in [0.1, 0.15) is 5.56 Å². The summed E-state index contributed by atoms with van der Waals surface area (Å²) in [6.45, 7) is 6.39. The highest BCUT2D eigenvalue weighted by Gasteiger charge is 2.20. The Hall–Kier alpha value is -1.70. The molecule has 24 heavy (non-hydrogen) atoms. The lowest BCUT2D eigenvalue weighted by atomic mass is 10.2. The standard InChI is InChI=1S/C17H27FN4O2/c1-13-10-14(18)4-5-16(13)19-17(24)21(3)11-15(23)12-22-8-6-20(2)7-9-22/h4-5,10,15,23H,6-9,11-12H2,1-3H3,(H,19,24). The molecule has 0 radical (unpaired) electrons. The molecule has 0 aliphatic carbocycles. The molecule has 1 aliphatic rings. The molecule has 6 nitrogen and oxygen atoms in total. The second-order valence-corrected chi connectivity index (χ2v) is 6.53. The highest BCUT2D eigenvalue weighted by Crippen LogP contribution is 2.16. The first-order chi connectivity index (χ1) is 11.3. The number of nitrogens with zero attached hydrogens (tertiary/aromatic N) is 3. The van der Waals surface area contributed by atoms with Crippen molar-refractivity contribution in [1.82, 2.24) is 14.7 Å². The Morgan fingerprint density at radius 2 is 2.04 bits per heavy atom. The fourth-order valence-corrected chi connectivity index (χ4v) is 2.76. The van der Waals surface area contributed by atoms with Crippen LogP contribution in [0.25, 0.3) is 0 Å². The molecule has 1 aromatic carbocycles. The maximum atomic E-state index is 13.1. The topological polar surface area (TPSA) is 59.1 Å². The smallest absolute Gasteiger partial charge is 0.321 e. The van der Waals surface area contributed by atoms with Crippen LogP contribution in [0.4, 0.5) is 14.9 Å². The molecule has 0 spiro atoms. The Kier molecular flexibility index (Phi) is 6.53. The van der Waals surface area contributed by atoms with Gasteiger partial charge in [-0.05, 0) is 37.7 Å². The van der Waals surface area contributed by atoms with E-state index in [1.807, 2.05) is 0 Å². The molecule has 0 saturated carbocycles. The number of rotatable bonds is 5. The Morgan fingerprint density at radius 3 is 2.67 bits per heavy atom. The Morgan fingerprint density at radius 1 is 1.38 bits per heavy atom. The van der Waals surface area contributed by atoms with Gasteiger partial charge in [0.25, 0.3) is 0 Å². The lowest BCUT2D eigenvalue weighted by Gasteiger charge is -2.34. The van der Waals surface area contributed by atoms with Crippen LogP contribution in [-0.4, -0.2) is 85.3 Å². The van der Waals surface area contributed by atoms with Crippen molar-refractivity contribution in [3.8, 4) is 0 Å². The third-order valence-electron chi connectivity index (χ3n) is 4.33. The molecule has 1 atom stereocenters. The fourth-order valence-electron chi connectivity index (χ4n) is 2.76. The number of aliphatic hydroxyl groups is 1. The van der Waals surface area contributed by atoms with Crippen LogP contribution in [0.3, 0.4) is 0 Å². The highest BCUT2D eigenvalue weighted by molar-refractivity contribution is 5.89. The number of nitrogens with one attached hydrogen (secondary N) is 1. The van der Waals surface area contributed by atoms with Crippen molar-refractivity contribution in [1.29, 1.82) is 0 Å². The molecule has 1 aliphatic heterocycles. The minimum absolute atomic E-state index is 0.248. The van der Waals surface area contributed by atoms with Gasteiger partial charge in [-0.1, -0.05) is 0 Å². The van der Waals surface area contributed by atoms with E-state index in [4.69, 9.17) is 0 Å². The first-order valence-electron chi connectivity index (χ1n) is 8.22. The van der Waals surface area contributed by atoms with E-state index in [1.165, 1.54) is 23.1 Å². The summed E-state index contributed by atoms with van der Waals surface area (Å²) in [5.41, 5.74) is 1.23. The monoisotopic (exact) mass is 338 g/mol. The predicted octanol–water partition coefficient (Wildman–Crippen LogP) is 1.21. The molecule has 1 unspecified atom stereocenters. The third-order valence-corrected chi connectivity index (χ3v) is 4.33. The molecule has 7 heteroatoms. The van der Waals surface area contributed by atoms with Crippen LogP contribution >= 0.6 is 0 Å². The average molecular weight is 338 g/mol. The molecule has 1 aromatic rings. The van der Waals surface area contributed by atoms with Crippen molar-refractivity contribution in [2.24, 2.45) is 0 Å². The molecule has 0 bridgehead atoms. The largest absolute Gasteiger partial charge is 0.390 e. The summed E-state index contributed by atoms with van der Waals surface area (Å²) in [5.74, 6) is -0.332. The summed E-state index contributed by atoms with van der Waals surface area (Å²) in [6, 6.07) is 3.90.